The lowest BCUT2D eigenvalue weighted by molar-refractivity contribution is 0.162. The molecule has 0 bridgehead atoms. The molecule has 4 nitrogen and oxygen atoms in total. The average Bonchev–Trinajstić information content (AvgIpc) is 2.60. The molecule has 1 aliphatic rings. The summed E-state index contributed by atoms with van der Waals surface area (Å²) >= 11 is 0. The van der Waals surface area contributed by atoms with Crippen molar-refractivity contribution in [2.45, 2.75) is 52.1 Å². The number of fused-ring (bicyclic) bond motifs is 1. The van der Waals surface area contributed by atoms with Gasteiger partial charge in [-0.05, 0) is 68.8 Å². The number of nitrogens with two attached hydrogens (primary N) is 1. The highest BCUT2D eigenvalue weighted by Gasteiger charge is 2.27. The third-order valence-corrected chi connectivity index (χ3v) is 4.93. The normalized spacial score (nSPS) is 17.1. The van der Waals surface area contributed by atoms with E-state index in [1.54, 1.807) is 0 Å². The van der Waals surface area contributed by atoms with Gasteiger partial charge in [-0.25, -0.2) is 0 Å². The van der Waals surface area contributed by atoms with E-state index in [1.807, 2.05) is 12.4 Å². The second-order valence-electron chi connectivity index (χ2n) is 6.84. The van der Waals surface area contributed by atoms with Crippen LogP contribution < -0.4 is 5.73 Å². The van der Waals surface area contributed by atoms with Gasteiger partial charge in [0.15, 0.2) is 0 Å². The Balaban J connectivity index is 1.87. The van der Waals surface area contributed by atoms with Crippen LogP contribution in [0.1, 0.15) is 53.4 Å². The molecule has 0 fully saturated rings. The highest BCUT2D eigenvalue weighted by Crippen LogP contribution is 2.33. The zero-order valence-electron chi connectivity index (χ0n) is 14.8. The molecule has 128 valence electrons. The number of aryl methyl sites for hydroxylation is 3. The SMILES string of the molecule is Cc1cnc(CN(CCCN)C2CCCc3cccnc32)c(C)c1. The molecular weight excluding hydrogens is 296 g/mol. The van der Waals surface area contributed by atoms with Crippen LogP contribution in [0.4, 0.5) is 0 Å². The molecule has 1 unspecified atom stereocenters. The van der Waals surface area contributed by atoms with E-state index in [1.165, 1.54) is 40.9 Å². The molecule has 24 heavy (non-hydrogen) atoms. The van der Waals surface area contributed by atoms with E-state index < -0.39 is 0 Å². The van der Waals surface area contributed by atoms with Crippen molar-refractivity contribution in [1.82, 2.24) is 14.9 Å². The smallest absolute Gasteiger partial charge is 0.0607 e. The van der Waals surface area contributed by atoms with Crippen molar-refractivity contribution in [1.29, 1.82) is 0 Å². The van der Waals surface area contributed by atoms with E-state index in [-0.39, 0.29) is 0 Å². The summed E-state index contributed by atoms with van der Waals surface area (Å²) in [6.45, 7) is 6.83. The second kappa shape index (κ2) is 7.86. The zero-order chi connectivity index (χ0) is 16.9. The van der Waals surface area contributed by atoms with Gasteiger partial charge >= 0.3 is 0 Å². The summed E-state index contributed by atoms with van der Waals surface area (Å²) in [7, 11) is 0. The van der Waals surface area contributed by atoms with Crippen LogP contribution in [-0.4, -0.2) is 28.0 Å². The number of pyridine rings is 2. The summed E-state index contributed by atoms with van der Waals surface area (Å²) in [6.07, 6.45) is 8.43. The molecule has 1 atom stereocenters. The molecule has 4 heteroatoms. The van der Waals surface area contributed by atoms with Crippen molar-refractivity contribution in [3.8, 4) is 0 Å². The van der Waals surface area contributed by atoms with Crippen LogP contribution in [0, 0.1) is 13.8 Å². The molecule has 0 amide bonds. The molecular formula is C20H28N4. The third-order valence-electron chi connectivity index (χ3n) is 4.93. The predicted molar refractivity (Wildman–Crippen MR) is 97.7 cm³/mol. The van der Waals surface area contributed by atoms with Crippen LogP contribution >= 0.6 is 0 Å². The van der Waals surface area contributed by atoms with Crippen LogP contribution in [0.5, 0.6) is 0 Å². The molecule has 0 spiro atoms. The van der Waals surface area contributed by atoms with E-state index in [4.69, 9.17) is 10.7 Å². The average molecular weight is 324 g/mol. The summed E-state index contributed by atoms with van der Waals surface area (Å²) in [5, 5.41) is 0. The van der Waals surface area contributed by atoms with Gasteiger partial charge in [0, 0.05) is 25.5 Å². The number of nitrogens with zero attached hydrogens (tertiary/aromatic N) is 3. The van der Waals surface area contributed by atoms with Crippen LogP contribution in [0.15, 0.2) is 30.6 Å². The van der Waals surface area contributed by atoms with Crippen molar-refractivity contribution in [3.63, 3.8) is 0 Å². The van der Waals surface area contributed by atoms with Gasteiger partial charge in [-0.1, -0.05) is 12.1 Å². The molecule has 0 radical (unpaired) electrons. The summed E-state index contributed by atoms with van der Waals surface area (Å²) in [4.78, 5) is 11.9. The lowest BCUT2D eigenvalue weighted by Crippen LogP contribution is -2.34. The highest BCUT2D eigenvalue weighted by atomic mass is 15.2. The fourth-order valence-electron chi connectivity index (χ4n) is 3.68. The summed E-state index contributed by atoms with van der Waals surface area (Å²) < 4.78 is 0. The Hall–Kier alpha value is -1.78. The maximum absolute atomic E-state index is 5.79. The van der Waals surface area contributed by atoms with Gasteiger partial charge in [0.1, 0.15) is 0 Å². The van der Waals surface area contributed by atoms with E-state index in [0.717, 1.165) is 32.5 Å². The lowest BCUT2D eigenvalue weighted by atomic mass is 9.90. The molecule has 0 saturated heterocycles. The van der Waals surface area contributed by atoms with E-state index in [0.29, 0.717) is 6.04 Å². The molecule has 2 aromatic heterocycles. The van der Waals surface area contributed by atoms with E-state index in [9.17, 15) is 0 Å². The van der Waals surface area contributed by atoms with Crippen molar-refractivity contribution >= 4 is 0 Å². The van der Waals surface area contributed by atoms with Gasteiger partial charge in [0.05, 0.1) is 17.4 Å². The van der Waals surface area contributed by atoms with Crippen molar-refractivity contribution < 1.29 is 0 Å². The Kier molecular flexibility index (Phi) is 5.59. The first kappa shape index (κ1) is 17.1. The van der Waals surface area contributed by atoms with Crippen LogP contribution in [0.3, 0.4) is 0 Å². The minimum Gasteiger partial charge on any atom is -0.330 e. The number of aromatic nitrogens is 2. The monoisotopic (exact) mass is 324 g/mol. The van der Waals surface area contributed by atoms with Gasteiger partial charge in [-0.15, -0.1) is 0 Å². The molecule has 2 aromatic rings. The van der Waals surface area contributed by atoms with Crippen molar-refractivity contribution in [3.05, 3.63) is 58.7 Å². The highest BCUT2D eigenvalue weighted by molar-refractivity contribution is 5.27. The number of rotatable bonds is 6. The molecule has 0 saturated carbocycles. The van der Waals surface area contributed by atoms with Crippen molar-refractivity contribution in [2.75, 3.05) is 13.1 Å². The molecule has 0 aromatic carbocycles. The Morgan fingerprint density at radius 2 is 2.17 bits per heavy atom. The zero-order valence-corrected chi connectivity index (χ0v) is 14.8. The molecule has 2 N–H and O–H groups in total. The summed E-state index contributed by atoms with van der Waals surface area (Å²) in [5.41, 5.74) is 12.1. The van der Waals surface area contributed by atoms with E-state index >= 15 is 0 Å². The summed E-state index contributed by atoms with van der Waals surface area (Å²) in [5.74, 6) is 0. The minimum absolute atomic E-state index is 0.379. The van der Waals surface area contributed by atoms with Gasteiger partial charge in [0.25, 0.3) is 0 Å². The fourth-order valence-corrected chi connectivity index (χ4v) is 3.68. The maximum atomic E-state index is 5.79. The van der Waals surface area contributed by atoms with Gasteiger partial charge in [-0.2, -0.15) is 0 Å². The third kappa shape index (κ3) is 3.82. The Morgan fingerprint density at radius 1 is 1.29 bits per heavy atom. The first-order valence-electron chi connectivity index (χ1n) is 8.99. The Labute approximate surface area is 145 Å². The Morgan fingerprint density at radius 3 is 2.96 bits per heavy atom. The fraction of sp³-hybridized carbons (Fsp3) is 0.500. The summed E-state index contributed by atoms with van der Waals surface area (Å²) in [6, 6.07) is 6.88. The number of hydrogen-bond donors (Lipinski definition) is 1. The van der Waals surface area contributed by atoms with Crippen molar-refractivity contribution in [2.24, 2.45) is 5.73 Å². The van der Waals surface area contributed by atoms with Gasteiger partial charge < -0.3 is 5.73 Å². The standard InChI is InChI=1S/C20H28N4/c1-15-12-16(2)18(23-13-15)14-24(11-5-9-21)19-8-3-6-17-7-4-10-22-20(17)19/h4,7,10,12-13,19H,3,5-6,8-9,11,14,21H2,1-2H3. The predicted octanol–water partition coefficient (Wildman–Crippen LogP) is 3.32. The number of hydrogen-bond acceptors (Lipinski definition) is 4. The van der Waals surface area contributed by atoms with E-state index in [2.05, 4.69) is 41.9 Å². The van der Waals surface area contributed by atoms with Gasteiger partial charge in [-0.3, -0.25) is 14.9 Å². The molecule has 2 heterocycles. The molecule has 0 aliphatic heterocycles. The van der Waals surface area contributed by atoms with Crippen LogP contribution in [0.2, 0.25) is 0 Å². The van der Waals surface area contributed by atoms with Crippen LogP contribution in [-0.2, 0) is 13.0 Å². The second-order valence-corrected chi connectivity index (χ2v) is 6.84. The first-order valence-corrected chi connectivity index (χ1v) is 8.99. The minimum atomic E-state index is 0.379. The Bertz CT molecular complexity index is 683. The molecule has 1 aliphatic carbocycles. The largest absolute Gasteiger partial charge is 0.330 e. The maximum Gasteiger partial charge on any atom is 0.0607 e. The van der Waals surface area contributed by atoms with Crippen LogP contribution in [0.25, 0.3) is 0 Å². The molecule has 3 rings (SSSR count). The lowest BCUT2D eigenvalue weighted by Gasteiger charge is -2.35. The van der Waals surface area contributed by atoms with Gasteiger partial charge in [0.2, 0.25) is 0 Å². The topological polar surface area (TPSA) is 55.0 Å². The quantitative estimate of drug-likeness (QED) is 0.885. The first-order chi connectivity index (χ1) is 11.7.